The fourth-order valence-electron chi connectivity index (χ4n) is 5.94. The Bertz CT molecular complexity index is 1270. The van der Waals surface area contributed by atoms with Crippen LogP contribution in [0, 0.1) is 0 Å². The number of piperidine rings is 1. The summed E-state index contributed by atoms with van der Waals surface area (Å²) < 4.78 is 7.74. The summed E-state index contributed by atoms with van der Waals surface area (Å²) in [6.45, 7) is 4.16. The van der Waals surface area contributed by atoms with Crippen molar-refractivity contribution < 1.29 is 19.1 Å². The number of anilines is 1. The van der Waals surface area contributed by atoms with Crippen LogP contribution in [0.5, 0.6) is 0 Å². The number of para-hydroxylation sites is 1. The number of carbonyl (C=O) groups is 3. The van der Waals surface area contributed by atoms with Crippen LogP contribution in [0.4, 0.5) is 15.3 Å². The molecule has 12 heteroatoms. The first-order valence-corrected chi connectivity index (χ1v) is 16.0. The van der Waals surface area contributed by atoms with Crippen LogP contribution >= 0.6 is 31.9 Å². The van der Waals surface area contributed by atoms with Gasteiger partial charge in [0.05, 0.1) is 0 Å². The van der Waals surface area contributed by atoms with E-state index >= 15 is 0 Å². The lowest BCUT2D eigenvalue weighted by atomic mass is 10.0. The molecule has 2 aromatic rings. The highest BCUT2D eigenvalue weighted by Gasteiger charge is 2.35. The largest absolute Gasteiger partial charge is 0.436 e. The van der Waals surface area contributed by atoms with E-state index in [0.29, 0.717) is 45.6 Å². The third-order valence-corrected chi connectivity index (χ3v) is 9.22. The van der Waals surface area contributed by atoms with E-state index in [1.54, 1.807) is 9.80 Å². The zero-order chi connectivity index (χ0) is 29.8. The van der Waals surface area contributed by atoms with E-state index in [4.69, 9.17) is 4.74 Å². The highest BCUT2D eigenvalue weighted by atomic mass is 79.9. The third kappa shape index (κ3) is 7.45. The van der Waals surface area contributed by atoms with Crippen molar-refractivity contribution in [3.63, 3.8) is 0 Å². The highest BCUT2D eigenvalue weighted by molar-refractivity contribution is 9.11. The molecular weight excluding hydrogens is 668 g/mol. The molecule has 3 aliphatic heterocycles. The normalized spacial score (nSPS) is 19.3. The number of amides is 4. The van der Waals surface area contributed by atoms with Crippen molar-refractivity contribution in [1.82, 2.24) is 24.7 Å². The summed E-state index contributed by atoms with van der Waals surface area (Å²) in [4.78, 5) is 45.5. The molecule has 4 amide bonds. The lowest BCUT2D eigenvalue weighted by Crippen LogP contribution is -2.56. The summed E-state index contributed by atoms with van der Waals surface area (Å²) in [6.07, 6.45) is 0.958. The van der Waals surface area contributed by atoms with Crippen molar-refractivity contribution in [1.29, 1.82) is 0 Å². The van der Waals surface area contributed by atoms with E-state index in [-0.39, 0.29) is 24.4 Å². The van der Waals surface area contributed by atoms with Gasteiger partial charge in [0.1, 0.15) is 0 Å². The minimum absolute atomic E-state index is 0.0350. The van der Waals surface area contributed by atoms with Gasteiger partial charge < -0.3 is 24.8 Å². The molecule has 3 aliphatic rings. The first-order valence-electron chi connectivity index (χ1n) is 14.4. The first kappa shape index (κ1) is 30.8. The van der Waals surface area contributed by atoms with Gasteiger partial charge in [-0.05, 0) is 54.7 Å². The van der Waals surface area contributed by atoms with E-state index in [1.807, 2.05) is 66.5 Å². The SMILES string of the molecule is CN(C)N1CCN(C(=O)[C@@H](Cc2cc(Br)cc(Br)c2)OC(=O)N2CCC(N3CCc4ccccc4NC3=O)CC2)CC1. The number of rotatable bonds is 6. The van der Waals surface area contributed by atoms with Gasteiger partial charge in [-0.15, -0.1) is 0 Å². The van der Waals surface area contributed by atoms with Gasteiger partial charge in [-0.3, -0.25) is 4.79 Å². The number of fused-ring (bicyclic) bond motifs is 1. The second-order valence-corrected chi connectivity index (χ2v) is 13.1. The standard InChI is InChI=1S/C30H38Br2N6O4/c1-34(2)37-15-13-35(14-16-37)28(39)27(19-21-17-23(31)20-24(32)18-21)42-30(41)36-10-8-25(9-11-36)38-12-7-22-5-3-4-6-26(22)33-29(38)40/h3-6,17-18,20,25,27H,7-16,19H2,1-2H3,(H,33,40)/t27-/m1/s1. The van der Waals surface area contributed by atoms with Crippen molar-refractivity contribution in [3.05, 3.63) is 62.5 Å². The lowest BCUT2D eigenvalue weighted by Gasteiger charge is -2.39. The Labute approximate surface area is 264 Å². The number of halogens is 2. The number of hydrogen-bond acceptors (Lipinski definition) is 6. The zero-order valence-corrected chi connectivity index (χ0v) is 27.3. The van der Waals surface area contributed by atoms with Crippen molar-refractivity contribution in [3.8, 4) is 0 Å². The molecule has 3 heterocycles. The maximum atomic E-state index is 13.7. The monoisotopic (exact) mass is 704 g/mol. The molecule has 5 rings (SSSR count). The minimum Gasteiger partial charge on any atom is -0.436 e. The number of carbonyl (C=O) groups excluding carboxylic acids is 3. The maximum Gasteiger partial charge on any atom is 0.410 e. The van der Waals surface area contributed by atoms with Gasteiger partial charge in [0.25, 0.3) is 5.91 Å². The Morgan fingerprint density at radius 1 is 0.952 bits per heavy atom. The number of nitrogens with zero attached hydrogens (tertiary/aromatic N) is 5. The molecule has 0 radical (unpaired) electrons. The summed E-state index contributed by atoms with van der Waals surface area (Å²) in [7, 11) is 3.99. The van der Waals surface area contributed by atoms with E-state index in [2.05, 4.69) is 42.2 Å². The topological polar surface area (TPSA) is 88.7 Å². The van der Waals surface area contributed by atoms with Crippen molar-refractivity contribution in [2.45, 2.75) is 37.8 Å². The van der Waals surface area contributed by atoms with E-state index in [1.165, 1.54) is 0 Å². The van der Waals surface area contributed by atoms with Crippen molar-refractivity contribution in [2.75, 3.05) is 65.2 Å². The lowest BCUT2D eigenvalue weighted by molar-refractivity contribution is -0.145. The molecule has 2 aromatic carbocycles. The average molecular weight is 706 g/mol. The summed E-state index contributed by atoms with van der Waals surface area (Å²) in [6, 6.07) is 13.6. The maximum absolute atomic E-state index is 13.7. The Hall–Kier alpha value is -2.67. The van der Waals surface area contributed by atoms with Crippen molar-refractivity contribution in [2.24, 2.45) is 0 Å². The summed E-state index contributed by atoms with van der Waals surface area (Å²) in [5.74, 6) is -0.173. The highest BCUT2D eigenvalue weighted by Crippen LogP contribution is 2.26. The molecule has 1 atom stereocenters. The number of hydrogen-bond donors (Lipinski definition) is 1. The molecule has 2 fully saturated rings. The van der Waals surface area contributed by atoms with Crippen LogP contribution in [0.15, 0.2) is 51.4 Å². The van der Waals surface area contributed by atoms with Gasteiger partial charge in [0.2, 0.25) is 0 Å². The van der Waals surface area contributed by atoms with Gasteiger partial charge >= 0.3 is 12.1 Å². The summed E-state index contributed by atoms with van der Waals surface area (Å²) in [5.41, 5.74) is 2.88. The van der Waals surface area contributed by atoms with E-state index in [0.717, 1.165) is 45.3 Å². The molecule has 10 nitrogen and oxygen atoms in total. The quantitative estimate of drug-likeness (QED) is 0.479. The molecule has 0 unspecified atom stereocenters. The second-order valence-electron chi connectivity index (χ2n) is 11.2. The van der Waals surface area contributed by atoms with Gasteiger partial charge in [-0.1, -0.05) is 50.1 Å². The van der Waals surface area contributed by atoms with Crippen molar-refractivity contribution >= 4 is 55.6 Å². The molecule has 42 heavy (non-hydrogen) atoms. The number of urea groups is 1. The van der Waals surface area contributed by atoms with Gasteiger partial charge in [0.15, 0.2) is 6.10 Å². The third-order valence-electron chi connectivity index (χ3n) is 8.30. The van der Waals surface area contributed by atoms with Gasteiger partial charge in [-0.25, -0.2) is 19.6 Å². The van der Waals surface area contributed by atoms with Gasteiger partial charge in [0, 0.05) is 87.0 Å². The predicted octanol–water partition coefficient (Wildman–Crippen LogP) is 4.43. The van der Waals surface area contributed by atoms with E-state index in [9.17, 15) is 14.4 Å². The van der Waals surface area contributed by atoms with Crippen LogP contribution in [0.2, 0.25) is 0 Å². The number of piperazine rings is 1. The van der Waals surface area contributed by atoms with Crippen LogP contribution in [0.25, 0.3) is 0 Å². The average Bonchev–Trinajstić information content (AvgIpc) is 3.14. The second kappa shape index (κ2) is 13.7. The Morgan fingerprint density at radius 2 is 1.62 bits per heavy atom. The molecule has 0 aromatic heterocycles. The number of nitrogens with one attached hydrogen (secondary N) is 1. The Morgan fingerprint density at radius 3 is 2.29 bits per heavy atom. The molecule has 0 aliphatic carbocycles. The molecule has 1 N–H and O–H groups in total. The smallest absolute Gasteiger partial charge is 0.410 e. The van der Waals surface area contributed by atoms with E-state index < -0.39 is 12.2 Å². The molecule has 226 valence electrons. The fraction of sp³-hybridized carbons (Fsp3) is 0.500. The molecule has 2 saturated heterocycles. The molecular formula is C30H38Br2N6O4. The summed E-state index contributed by atoms with van der Waals surface area (Å²) in [5, 5.41) is 7.26. The zero-order valence-electron chi connectivity index (χ0n) is 24.1. The Kier molecular flexibility index (Phi) is 10.1. The minimum atomic E-state index is -0.933. The molecule has 0 bridgehead atoms. The first-order chi connectivity index (χ1) is 20.2. The van der Waals surface area contributed by atoms with Crippen LogP contribution in [-0.2, 0) is 22.4 Å². The van der Waals surface area contributed by atoms with Crippen LogP contribution in [0.1, 0.15) is 24.0 Å². The van der Waals surface area contributed by atoms with Crippen LogP contribution in [-0.4, -0.2) is 115 Å². The number of hydrazine groups is 1. The molecule has 0 saturated carbocycles. The number of likely N-dealkylation sites (tertiary alicyclic amines) is 1. The predicted molar refractivity (Wildman–Crippen MR) is 168 cm³/mol. The Balaban J connectivity index is 1.22. The van der Waals surface area contributed by atoms with Gasteiger partial charge in [-0.2, -0.15) is 0 Å². The van der Waals surface area contributed by atoms with Crippen LogP contribution < -0.4 is 5.32 Å². The molecule has 0 spiro atoms. The van der Waals surface area contributed by atoms with Crippen LogP contribution in [0.3, 0.4) is 0 Å². The summed E-state index contributed by atoms with van der Waals surface area (Å²) >= 11 is 7.04. The number of ether oxygens (including phenoxy) is 1. The fourth-order valence-corrected chi connectivity index (χ4v) is 7.33. The number of benzene rings is 2.